The molecule has 6 heteroatoms. The van der Waals surface area contributed by atoms with Gasteiger partial charge in [0.05, 0.1) is 34.8 Å². The van der Waals surface area contributed by atoms with Crippen molar-refractivity contribution in [3.8, 4) is 17.0 Å². The summed E-state index contributed by atoms with van der Waals surface area (Å²) >= 11 is 6.35. The van der Waals surface area contributed by atoms with Crippen LogP contribution in [0.4, 0.5) is 0 Å². The van der Waals surface area contributed by atoms with Gasteiger partial charge in [-0.25, -0.2) is 4.98 Å². The van der Waals surface area contributed by atoms with Crippen molar-refractivity contribution in [3.63, 3.8) is 0 Å². The molecule has 0 radical (unpaired) electrons. The zero-order valence-corrected chi connectivity index (χ0v) is 14.3. The summed E-state index contributed by atoms with van der Waals surface area (Å²) in [6, 6.07) is 14.5. The molecule has 25 heavy (non-hydrogen) atoms. The average Bonchev–Trinajstić information content (AvgIpc) is 3.22. The van der Waals surface area contributed by atoms with Crippen LogP contribution in [-0.4, -0.2) is 25.9 Å². The molecule has 4 aromatic rings. The number of rotatable bonds is 2. The van der Waals surface area contributed by atoms with E-state index in [1.165, 1.54) is 5.56 Å². The first kappa shape index (κ1) is 14.5. The second kappa shape index (κ2) is 5.36. The first-order valence-electron chi connectivity index (χ1n) is 8.09. The summed E-state index contributed by atoms with van der Waals surface area (Å²) in [4.78, 5) is 4.56. The number of nitrogens with zero attached hydrogens (tertiary/aromatic N) is 4. The second-order valence-corrected chi connectivity index (χ2v) is 6.57. The van der Waals surface area contributed by atoms with Gasteiger partial charge in [0, 0.05) is 12.6 Å². The fraction of sp³-hybridized carbons (Fsp3) is 0.158. The Labute approximate surface area is 149 Å². The largest absolute Gasteiger partial charge is 0.488 e. The summed E-state index contributed by atoms with van der Waals surface area (Å²) < 4.78 is 10.2. The van der Waals surface area contributed by atoms with Gasteiger partial charge in [0.2, 0.25) is 0 Å². The third kappa shape index (κ3) is 2.09. The number of hydrogen-bond donors (Lipinski definition) is 0. The maximum absolute atomic E-state index is 6.35. The number of benzene rings is 2. The molecule has 124 valence electrons. The van der Waals surface area contributed by atoms with Crippen molar-refractivity contribution in [1.29, 1.82) is 0 Å². The zero-order valence-electron chi connectivity index (χ0n) is 13.6. The second-order valence-electron chi connectivity index (χ2n) is 6.16. The number of ether oxygens (including phenoxy) is 1. The van der Waals surface area contributed by atoms with Gasteiger partial charge in [-0.05, 0) is 17.7 Å². The summed E-state index contributed by atoms with van der Waals surface area (Å²) in [5, 5.41) is 4.85. The van der Waals surface area contributed by atoms with Gasteiger partial charge in [-0.15, -0.1) is 0 Å². The molecule has 3 heterocycles. The van der Waals surface area contributed by atoms with Gasteiger partial charge in [-0.3, -0.25) is 4.68 Å². The topological polar surface area (TPSA) is 44.9 Å². The molecular weight excluding hydrogens is 336 g/mol. The lowest BCUT2D eigenvalue weighted by molar-refractivity contribution is 0.260. The van der Waals surface area contributed by atoms with E-state index in [0.29, 0.717) is 11.6 Å². The molecule has 0 amide bonds. The molecule has 0 spiro atoms. The zero-order chi connectivity index (χ0) is 17.0. The molecule has 1 aliphatic heterocycles. The number of aryl methyl sites for hydroxylation is 1. The molecule has 2 aromatic carbocycles. The maximum Gasteiger partial charge on any atom is 0.154 e. The number of aromatic nitrogens is 4. The van der Waals surface area contributed by atoms with Crippen LogP contribution >= 0.6 is 11.6 Å². The van der Waals surface area contributed by atoms with Crippen molar-refractivity contribution >= 4 is 22.6 Å². The smallest absolute Gasteiger partial charge is 0.154 e. The van der Waals surface area contributed by atoms with Crippen LogP contribution in [0.1, 0.15) is 11.6 Å². The van der Waals surface area contributed by atoms with E-state index in [4.69, 9.17) is 16.3 Å². The van der Waals surface area contributed by atoms with Crippen LogP contribution in [-0.2, 0) is 7.05 Å². The van der Waals surface area contributed by atoms with Gasteiger partial charge in [0.15, 0.2) is 5.75 Å². The Kier molecular flexibility index (Phi) is 3.12. The first-order valence-corrected chi connectivity index (χ1v) is 8.47. The molecule has 5 rings (SSSR count). The molecule has 0 saturated carbocycles. The minimum atomic E-state index is 0.107. The Balaban J connectivity index is 1.75. The van der Waals surface area contributed by atoms with Gasteiger partial charge in [-0.2, -0.15) is 5.10 Å². The predicted molar refractivity (Wildman–Crippen MR) is 97.0 cm³/mol. The molecule has 1 aliphatic rings. The molecule has 2 aromatic heterocycles. The normalized spacial score (nSPS) is 16.2. The van der Waals surface area contributed by atoms with Crippen LogP contribution in [0, 0.1) is 0 Å². The van der Waals surface area contributed by atoms with Crippen molar-refractivity contribution < 1.29 is 4.74 Å². The Morgan fingerprint density at radius 3 is 2.76 bits per heavy atom. The molecule has 5 nitrogen and oxygen atoms in total. The summed E-state index contributed by atoms with van der Waals surface area (Å²) in [5.41, 5.74) is 4.90. The first-order chi connectivity index (χ1) is 12.2. The van der Waals surface area contributed by atoms with Gasteiger partial charge in [0.1, 0.15) is 12.1 Å². The van der Waals surface area contributed by atoms with E-state index in [1.807, 2.05) is 43.7 Å². The summed E-state index contributed by atoms with van der Waals surface area (Å²) in [7, 11) is 1.88. The Hall–Kier alpha value is -2.79. The highest BCUT2D eigenvalue weighted by Gasteiger charge is 2.28. The Morgan fingerprint density at radius 2 is 2.00 bits per heavy atom. The summed E-state index contributed by atoms with van der Waals surface area (Å²) in [6.07, 6.45) is 3.55. The minimum Gasteiger partial charge on any atom is -0.488 e. The highest BCUT2D eigenvalue weighted by atomic mass is 35.5. The van der Waals surface area contributed by atoms with Crippen LogP contribution in [0.3, 0.4) is 0 Å². The van der Waals surface area contributed by atoms with E-state index in [1.54, 1.807) is 10.9 Å². The highest BCUT2D eigenvalue weighted by molar-refractivity contribution is 6.33. The molecule has 0 fully saturated rings. The minimum absolute atomic E-state index is 0.107. The molecule has 0 aliphatic carbocycles. The third-order valence-corrected chi connectivity index (χ3v) is 5.02. The standard InChI is InChI=1S/C19H15ClN4O/c1-23-17(14(20)9-22-23)13-7-8-15-18-19(13)25-10-16(24(18)11-21-15)12-5-3-2-4-6-12/h2-9,11,16H,10H2,1H3. The number of halogens is 1. The molecular formula is C19H15ClN4O. The van der Waals surface area contributed by atoms with E-state index in [0.717, 1.165) is 28.0 Å². The quantitative estimate of drug-likeness (QED) is 0.547. The molecule has 1 unspecified atom stereocenters. The maximum atomic E-state index is 6.35. The molecule has 0 bridgehead atoms. The van der Waals surface area contributed by atoms with E-state index in [9.17, 15) is 0 Å². The Bertz CT molecular complexity index is 1060. The van der Waals surface area contributed by atoms with Crippen LogP contribution in [0.15, 0.2) is 55.0 Å². The van der Waals surface area contributed by atoms with Crippen LogP contribution in [0.25, 0.3) is 22.3 Å². The van der Waals surface area contributed by atoms with E-state index in [2.05, 4.69) is 26.8 Å². The van der Waals surface area contributed by atoms with Crippen molar-refractivity contribution in [2.24, 2.45) is 7.05 Å². The van der Waals surface area contributed by atoms with Gasteiger partial charge < -0.3 is 9.30 Å². The van der Waals surface area contributed by atoms with Crippen molar-refractivity contribution in [3.05, 3.63) is 65.6 Å². The van der Waals surface area contributed by atoms with E-state index < -0.39 is 0 Å². The lowest BCUT2D eigenvalue weighted by Crippen LogP contribution is -2.22. The van der Waals surface area contributed by atoms with Crippen LogP contribution < -0.4 is 4.74 Å². The van der Waals surface area contributed by atoms with E-state index in [-0.39, 0.29) is 6.04 Å². The number of hydrogen-bond acceptors (Lipinski definition) is 3. The van der Waals surface area contributed by atoms with E-state index >= 15 is 0 Å². The molecule has 1 atom stereocenters. The van der Waals surface area contributed by atoms with Gasteiger partial charge in [-0.1, -0.05) is 41.9 Å². The molecule has 0 saturated heterocycles. The monoisotopic (exact) mass is 350 g/mol. The van der Waals surface area contributed by atoms with Gasteiger partial charge >= 0.3 is 0 Å². The van der Waals surface area contributed by atoms with Crippen molar-refractivity contribution in [2.75, 3.05) is 6.61 Å². The third-order valence-electron chi connectivity index (χ3n) is 4.74. The molecule has 0 N–H and O–H groups in total. The fourth-order valence-corrected chi connectivity index (χ4v) is 3.82. The Morgan fingerprint density at radius 1 is 1.16 bits per heavy atom. The average molecular weight is 351 g/mol. The highest BCUT2D eigenvalue weighted by Crippen LogP contribution is 2.43. The van der Waals surface area contributed by atoms with Crippen LogP contribution in [0.5, 0.6) is 5.75 Å². The van der Waals surface area contributed by atoms with Crippen molar-refractivity contribution in [2.45, 2.75) is 6.04 Å². The lowest BCUT2D eigenvalue weighted by Gasteiger charge is -2.27. The SMILES string of the molecule is Cn1ncc(Cl)c1-c1ccc2ncn3c2c1OCC3c1ccccc1. The number of imidazole rings is 1. The summed E-state index contributed by atoms with van der Waals surface area (Å²) in [6.45, 7) is 0.551. The summed E-state index contributed by atoms with van der Waals surface area (Å²) in [5.74, 6) is 0.813. The fourth-order valence-electron chi connectivity index (χ4n) is 3.55. The van der Waals surface area contributed by atoms with Crippen molar-refractivity contribution in [1.82, 2.24) is 19.3 Å². The predicted octanol–water partition coefficient (Wildman–Crippen LogP) is 4.07. The lowest BCUT2D eigenvalue weighted by atomic mass is 10.0. The van der Waals surface area contributed by atoms with Gasteiger partial charge in [0.25, 0.3) is 0 Å². The van der Waals surface area contributed by atoms with Crippen LogP contribution in [0.2, 0.25) is 5.02 Å².